The van der Waals surface area contributed by atoms with Gasteiger partial charge in [-0.3, -0.25) is 9.88 Å². The van der Waals surface area contributed by atoms with Gasteiger partial charge >= 0.3 is 6.18 Å². The summed E-state index contributed by atoms with van der Waals surface area (Å²) in [6.45, 7) is 3.96. The van der Waals surface area contributed by atoms with Gasteiger partial charge in [0.25, 0.3) is 0 Å². The number of nitrogens with zero attached hydrogens (tertiary/aromatic N) is 2. The zero-order valence-corrected chi connectivity index (χ0v) is 20.5. The van der Waals surface area contributed by atoms with Crippen LogP contribution in [0.5, 0.6) is 5.75 Å². The number of ether oxygens (including phenoxy) is 1. The van der Waals surface area contributed by atoms with E-state index in [1.54, 1.807) is 49.6 Å². The molecule has 3 aromatic rings. The average molecular weight is 501 g/mol. The Bertz CT molecular complexity index is 1190. The minimum Gasteiger partial charge on any atom is -0.496 e. The van der Waals surface area contributed by atoms with Crippen LogP contribution in [0.25, 0.3) is 23.3 Å². The first-order chi connectivity index (χ1) is 16.8. The molecule has 4 rings (SSSR count). The van der Waals surface area contributed by atoms with Gasteiger partial charge in [-0.2, -0.15) is 13.2 Å². The van der Waals surface area contributed by atoms with Crippen LogP contribution in [-0.2, 0) is 12.7 Å². The van der Waals surface area contributed by atoms with E-state index in [4.69, 9.17) is 16.3 Å². The van der Waals surface area contributed by atoms with E-state index >= 15 is 0 Å². The Morgan fingerprint density at radius 3 is 2.57 bits per heavy atom. The number of methoxy groups -OCH3 is 1. The topological polar surface area (TPSA) is 25.4 Å². The molecule has 0 unspecified atom stereocenters. The van der Waals surface area contributed by atoms with Crippen molar-refractivity contribution < 1.29 is 17.9 Å². The van der Waals surface area contributed by atoms with E-state index in [1.165, 1.54) is 24.8 Å². The fraction of sp³-hybridized carbons (Fsp3) is 0.321. The van der Waals surface area contributed by atoms with Crippen molar-refractivity contribution in [1.82, 2.24) is 9.88 Å². The van der Waals surface area contributed by atoms with Crippen LogP contribution in [0.2, 0.25) is 5.02 Å². The maximum Gasteiger partial charge on any atom is 0.419 e. The van der Waals surface area contributed by atoms with Gasteiger partial charge in [0.1, 0.15) is 5.75 Å². The summed E-state index contributed by atoms with van der Waals surface area (Å²) >= 11 is 6.57. The van der Waals surface area contributed by atoms with Crippen molar-refractivity contribution in [3.63, 3.8) is 0 Å². The lowest BCUT2D eigenvalue weighted by Crippen LogP contribution is -2.36. The summed E-state index contributed by atoms with van der Waals surface area (Å²) in [7, 11) is 1.59. The lowest BCUT2D eigenvalue weighted by molar-refractivity contribution is -0.137. The summed E-state index contributed by atoms with van der Waals surface area (Å²) in [5, 5.41) is 0.453. The number of aromatic nitrogens is 1. The monoisotopic (exact) mass is 500 g/mol. The second kappa shape index (κ2) is 10.8. The molecule has 1 atom stereocenters. The van der Waals surface area contributed by atoms with Crippen molar-refractivity contribution in [2.75, 3.05) is 13.7 Å². The SMILES string of the molecule is COc1cc(/C=C/c2nccc(-c3ccccc3)c2C(F)(F)F)c(Cl)cc1CN1CCCC[C@H]1C. The molecule has 1 fully saturated rings. The Labute approximate surface area is 209 Å². The highest BCUT2D eigenvalue weighted by atomic mass is 35.5. The smallest absolute Gasteiger partial charge is 0.419 e. The number of halogens is 4. The van der Waals surface area contributed by atoms with Crippen LogP contribution in [0.4, 0.5) is 13.2 Å². The van der Waals surface area contributed by atoms with E-state index in [2.05, 4.69) is 16.8 Å². The van der Waals surface area contributed by atoms with Gasteiger partial charge in [-0.05, 0) is 67.3 Å². The third kappa shape index (κ3) is 5.88. The van der Waals surface area contributed by atoms with Crippen molar-refractivity contribution in [3.05, 3.63) is 82.1 Å². The predicted molar refractivity (Wildman–Crippen MR) is 135 cm³/mol. The Hall–Kier alpha value is -2.83. The molecule has 35 heavy (non-hydrogen) atoms. The molecule has 0 spiro atoms. The number of pyridine rings is 1. The minimum atomic E-state index is -4.57. The molecule has 1 saturated heterocycles. The van der Waals surface area contributed by atoms with Crippen LogP contribution >= 0.6 is 11.6 Å². The number of likely N-dealkylation sites (tertiary alicyclic amines) is 1. The molecule has 0 aliphatic carbocycles. The molecule has 0 radical (unpaired) electrons. The van der Waals surface area contributed by atoms with Gasteiger partial charge in [0, 0.05) is 29.4 Å². The first-order valence-electron chi connectivity index (χ1n) is 11.7. The molecular formula is C28H28ClF3N2O. The first kappa shape index (κ1) is 25.3. The largest absolute Gasteiger partial charge is 0.496 e. The van der Waals surface area contributed by atoms with Crippen molar-refractivity contribution in [1.29, 1.82) is 0 Å². The van der Waals surface area contributed by atoms with Crippen LogP contribution in [0.15, 0.2) is 54.7 Å². The number of alkyl halides is 3. The van der Waals surface area contributed by atoms with Gasteiger partial charge in [-0.25, -0.2) is 0 Å². The zero-order valence-electron chi connectivity index (χ0n) is 19.8. The molecule has 184 valence electrons. The van der Waals surface area contributed by atoms with Gasteiger partial charge in [0.2, 0.25) is 0 Å². The number of hydrogen-bond donors (Lipinski definition) is 0. The first-order valence-corrected chi connectivity index (χ1v) is 12.1. The van der Waals surface area contributed by atoms with Crippen LogP contribution in [0, 0.1) is 0 Å². The summed E-state index contributed by atoms with van der Waals surface area (Å²) in [6.07, 6.45) is 3.30. The molecule has 0 bridgehead atoms. The summed E-state index contributed by atoms with van der Waals surface area (Å²) in [4.78, 5) is 6.44. The number of piperidine rings is 1. The Balaban J connectivity index is 1.68. The minimum absolute atomic E-state index is 0.0856. The summed E-state index contributed by atoms with van der Waals surface area (Å²) in [6, 6.07) is 14.0. The molecule has 3 nitrogen and oxygen atoms in total. The fourth-order valence-corrected chi connectivity index (χ4v) is 4.84. The maximum atomic E-state index is 14.1. The standard InChI is InChI=1S/C28H28ClF3N2O/c1-19-8-6-7-15-34(19)18-22-16-24(29)21(17-26(22)35-2)11-12-25-27(28(30,31)32)23(13-14-33-25)20-9-4-3-5-10-20/h3-5,9-14,16-17,19H,6-8,15,18H2,1-2H3/b12-11+/t19-/m1/s1. The average Bonchev–Trinajstić information content (AvgIpc) is 2.84. The summed E-state index contributed by atoms with van der Waals surface area (Å²) < 4.78 is 47.9. The van der Waals surface area contributed by atoms with E-state index < -0.39 is 11.7 Å². The highest BCUT2D eigenvalue weighted by molar-refractivity contribution is 6.32. The van der Waals surface area contributed by atoms with Gasteiger partial charge in [0.05, 0.1) is 18.4 Å². The Morgan fingerprint density at radius 1 is 1.11 bits per heavy atom. The van der Waals surface area contributed by atoms with Crippen LogP contribution in [0.3, 0.4) is 0 Å². The van der Waals surface area contributed by atoms with E-state index in [1.807, 2.05) is 6.07 Å². The summed E-state index contributed by atoms with van der Waals surface area (Å²) in [5.74, 6) is 0.661. The molecule has 7 heteroatoms. The lowest BCUT2D eigenvalue weighted by Gasteiger charge is -2.33. The molecule has 0 saturated carbocycles. The molecule has 2 aromatic carbocycles. The van der Waals surface area contributed by atoms with Crippen LogP contribution in [0.1, 0.15) is 48.6 Å². The molecule has 0 N–H and O–H groups in total. The van der Waals surface area contributed by atoms with Crippen molar-refractivity contribution in [2.24, 2.45) is 0 Å². The second-order valence-corrected chi connectivity index (χ2v) is 9.22. The van der Waals surface area contributed by atoms with E-state index in [-0.39, 0.29) is 11.3 Å². The normalized spacial score (nSPS) is 17.1. The third-order valence-corrected chi connectivity index (χ3v) is 6.81. The number of benzene rings is 2. The lowest BCUT2D eigenvalue weighted by atomic mass is 9.98. The van der Waals surface area contributed by atoms with Gasteiger partial charge in [-0.1, -0.05) is 54.4 Å². The van der Waals surface area contributed by atoms with Crippen LogP contribution in [-0.4, -0.2) is 29.6 Å². The maximum absolute atomic E-state index is 14.1. The fourth-order valence-electron chi connectivity index (χ4n) is 4.59. The molecule has 2 heterocycles. The van der Waals surface area contributed by atoms with Gasteiger partial charge in [0.15, 0.2) is 0 Å². The van der Waals surface area contributed by atoms with Crippen molar-refractivity contribution in [3.8, 4) is 16.9 Å². The van der Waals surface area contributed by atoms with E-state index in [0.717, 1.165) is 24.9 Å². The van der Waals surface area contributed by atoms with Crippen LogP contribution < -0.4 is 4.74 Å². The van der Waals surface area contributed by atoms with Gasteiger partial charge < -0.3 is 4.74 Å². The highest BCUT2D eigenvalue weighted by Crippen LogP contribution is 2.39. The molecule has 0 amide bonds. The van der Waals surface area contributed by atoms with Gasteiger partial charge in [-0.15, -0.1) is 0 Å². The highest BCUT2D eigenvalue weighted by Gasteiger charge is 2.36. The summed E-state index contributed by atoms with van der Waals surface area (Å²) in [5.41, 5.74) is 1.15. The van der Waals surface area contributed by atoms with Crippen molar-refractivity contribution >= 4 is 23.8 Å². The Morgan fingerprint density at radius 2 is 1.89 bits per heavy atom. The Kier molecular flexibility index (Phi) is 7.82. The predicted octanol–water partition coefficient (Wildman–Crippen LogP) is 7.97. The number of rotatable bonds is 6. The van der Waals surface area contributed by atoms with E-state index in [9.17, 15) is 13.2 Å². The van der Waals surface area contributed by atoms with Crippen molar-refractivity contribution in [2.45, 2.75) is 44.9 Å². The molecular weight excluding hydrogens is 473 g/mol. The zero-order chi connectivity index (χ0) is 25.0. The third-order valence-electron chi connectivity index (χ3n) is 6.48. The quantitative estimate of drug-likeness (QED) is 0.343. The molecule has 1 aliphatic rings. The molecule has 1 aliphatic heterocycles. The van der Waals surface area contributed by atoms with E-state index in [0.29, 0.717) is 34.5 Å². The second-order valence-electron chi connectivity index (χ2n) is 8.82. The molecule has 1 aromatic heterocycles. The number of hydrogen-bond acceptors (Lipinski definition) is 3.